The van der Waals surface area contributed by atoms with Gasteiger partial charge in [-0.05, 0) is 43.9 Å². The van der Waals surface area contributed by atoms with Crippen LogP contribution in [0.3, 0.4) is 0 Å². The summed E-state index contributed by atoms with van der Waals surface area (Å²) in [5.74, 6) is 1.97. The molecule has 2 rings (SSSR count). The fourth-order valence-corrected chi connectivity index (χ4v) is 2.49. The highest BCUT2D eigenvalue weighted by molar-refractivity contribution is 5.47. The van der Waals surface area contributed by atoms with Crippen molar-refractivity contribution >= 4 is 5.82 Å². The third kappa shape index (κ3) is 3.85. The summed E-state index contributed by atoms with van der Waals surface area (Å²) in [6.45, 7) is 6.99. The zero-order chi connectivity index (χ0) is 15.4. The molecule has 2 heterocycles. The SMILES string of the molecule is CCC(N)Cc1cnc(N(C)Cc2ccoc2C)c(C)c1. The van der Waals surface area contributed by atoms with Crippen molar-refractivity contribution in [3.05, 3.63) is 47.0 Å². The van der Waals surface area contributed by atoms with Crippen molar-refractivity contribution in [2.45, 2.75) is 46.2 Å². The van der Waals surface area contributed by atoms with Crippen LogP contribution in [0.5, 0.6) is 0 Å². The van der Waals surface area contributed by atoms with Gasteiger partial charge in [0.05, 0.1) is 6.26 Å². The highest BCUT2D eigenvalue weighted by Gasteiger charge is 2.11. The molecule has 0 aliphatic rings. The van der Waals surface area contributed by atoms with E-state index in [0.29, 0.717) is 0 Å². The minimum absolute atomic E-state index is 0.211. The molecule has 0 aliphatic heterocycles. The van der Waals surface area contributed by atoms with Crippen LogP contribution < -0.4 is 10.6 Å². The maximum absolute atomic E-state index is 6.01. The van der Waals surface area contributed by atoms with Crippen LogP contribution in [-0.4, -0.2) is 18.1 Å². The van der Waals surface area contributed by atoms with E-state index in [-0.39, 0.29) is 6.04 Å². The third-order valence-corrected chi connectivity index (χ3v) is 3.86. The second-order valence-electron chi connectivity index (χ2n) is 5.71. The molecule has 0 saturated heterocycles. The molecule has 0 spiro atoms. The van der Waals surface area contributed by atoms with E-state index >= 15 is 0 Å². The number of furan rings is 1. The Morgan fingerprint density at radius 1 is 1.38 bits per heavy atom. The van der Waals surface area contributed by atoms with Gasteiger partial charge in [-0.1, -0.05) is 13.0 Å². The molecule has 0 saturated carbocycles. The predicted octanol–water partition coefficient (Wildman–Crippen LogP) is 3.21. The van der Waals surface area contributed by atoms with Gasteiger partial charge >= 0.3 is 0 Å². The Morgan fingerprint density at radius 3 is 2.71 bits per heavy atom. The minimum Gasteiger partial charge on any atom is -0.469 e. The van der Waals surface area contributed by atoms with Gasteiger partial charge in [0, 0.05) is 31.4 Å². The van der Waals surface area contributed by atoms with Gasteiger partial charge < -0.3 is 15.1 Å². The fourth-order valence-electron chi connectivity index (χ4n) is 2.49. The van der Waals surface area contributed by atoms with E-state index in [4.69, 9.17) is 10.2 Å². The Kier molecular flexibility index (Phi) is 5.02. The van der Waals surface area contributed by atoms with E-state index in [1.54, 1.807) is 6.26 Å². The minimum atomic E-state index is 0.211. The van der Waals surface area contributed by atoms with Crippen LogP contribution in [0.1, 0.15) is 35.8 Å². The molecule has 0 amide bonds. The number of pyridine rings is 1. The largest absolute Gasteiger partial charge is 0.469 e. The standard InChI is InChI=1S/C17H25N3O/c1-5-16(18)9-14-8-12(2)17(19-10-14)20(4)11-15-6-7-21-13(15)3/h6-8,10,16H,5,9,11,18H2,1-4H3. The molecule has 0 radical (unpaired) electrons. The van der Waals surface area contributed by atoms with Gasteiger partial charge in [-0.15, -0.1) is 0 Å². The van der Waals surface area contributed by atoms with Crippen LogP contribution in [0, 0.1) is 13.8 Å². The number of aromatic nitrogens is 1. The molecular weight excluding hydrogens is 262 g/mol. The smallest absolute Gasteiger partial charge is 0.131 e. The lowest BCUT2D eigenvalue weighted by molar-refractivity contribution is 0.529. The van der Waals surface area contributed by atoms with Gasteiger partial charge in [0.25, 0.3) is 0 Å². The van der Waals surface area contributed by atoms with E-state index in [0.717, 1.165) is 31.0 Å². The monoisotopic (exact) mass is 287 g/mol. The maximum Gasteiger partial charge on any atom is 0.131 e. The van der Waals surface area contributed by atoms with Crippen LogP contribution >= 0.6 is 0 Å². The molecule has 0 fully saturated rings. The van der Waals surface area contributed by atoms with Crippen LogP contribution in [0.2, 0.25) is 0 Å². The molecule has 0 bridgehead atoms. The van der Waals surface area contributed by atoms with Crippen molar-refractivity contribution < 1.29 is 4.42 Å². The number of hydrogen-bond donors (Lipinski definition) is 1. The number of anilines is 1. The molecule has 114 valence electrons. The molecule has 1 unspecified atom stereocenters. The predicted molar refractivity (Wildman–Crippen MR) is 86.5 cm³/mol. The third-order valence-electron chi connectivity index (χ3n) is 3.86. The molecule has 2 aromatic heterocycles. The summed E-state index contributed by atoms with van der Waals surface area (Å²) >= 11 is 0. The first-order chi connectivity index (χ1) is 10.0. The fraction of sp³-hybridized carbons (Fsp3) is 0.471. The molecule has 2 N–H and O–H groups in total. The molecule has 4 heteroatoms. The van der Waals surface area contributed by atoms with Crippen molar-refractivity contribution in [3.63, 3.8) is 0 Å². The molecule has 0 aromatic carbocycles. The number of rotatable bonds is 6. The van der Waals surface area contributed by atoms with Gasteiger partial charge in [-0.3, -0.25) is 0 Å². The number of nitrogens with zero attached hydrogens (tertiary/aromatic N) is 2. The zero-order valence-electron chi connectivity index (χ0n) is 13.4. The average Bonchev–Trinajstić information content (AvgIpc) is 2.84. The topological polar surface area (TPSA) is 55.3 Å². The van der Waals surface area contributed by atoms with Crippen LogP contribution in [0.15, 0.2) is 29.0 Å². The lowest BCUT2D eigenvalue weighted by Gasteiger charge is -2.20. The van der Waals surface area contributed by atoms with Crippen LogP contribution in [-0.2, 0) is 13.0 Å². The zero-order valence-corrected chi connectivity index (χ0v) is 13.4. The van der Waals surface area contributed by atoms with Gasteiger partial charge in [-0.25, -0.2) is 4.98 Å². The molecular formula is C17H25N3O. The normalized spacial score (nSPS) is 12.4. The molecule has 2 aromatic rings. The van der Waals surface area contributed by atoms with Crippen LogP contribution in [0.4, 0.5) is 5.82 Å². The van der Waals surface area contributed by atoms with E-state index in [2.05, 4.69) is 36.8 Å². The lowest BCUT2D eigenvalue weighted by atomic mass is 10.0. The Labute approximate surface area is 127 Å². The highest BCUT2D eigenvalue weighted by Crippen LogP contribution is 2.21. The van der Waals surface area contributed by atoms with E-state index in [1.165, 1.54) is 16.7 Å². The van der Waals surface area contributed by atoms with E-state index in [1.807, 2.05) is 19.2 Å². The number of nitrogens with two attached hydrogens (primary N) is 1. The molecule has 1 atom stereocenters. The summed E-state index contributed by atoms with van der Waals surface area (Å²) < 4.78 is 5.35. The summed E-state index contributed by atoms with van der Waals surface area (Å²) in [6, 6.07) is 4.41. The van der Waals surface area contributed by atoms with E-state index < -0.39 is 0 Å². The van der Waals surface area contributed by atoms with Crippen molar-refractivity contribution in [2.75, 3.05) is 11.9 Å². The van der Waals surface area contributed by atoms with Crippen molar-refractivity contribution in [2.24, 2.45) is 5.73 Å². The van der Waals surface area contributed by atoms with Crippen molar-refractivity contribution in [3.8, 4) is 0 Å². The Bertz CT molecular complexity index is 591. The number of aryl methyl sites for hydroxylation is 2. The quantitative estimate of drug-likeness (QED) is 0.886. The molecule has 4 nitrogen and oxygen atoms in total. The van der Waals surface area contributed by atoms with Gasteiger partial charge in [0.15, 0.2) is 0 Å². The molecule has 0 aliphatic carbocycles. The second-order valence-corrected chi connectivity index (χ2v) is 5.71. The first-order valence-electron chi connectivity index (χ1n) is 7.46. The maximum atomic E-state index is 6.01. The van der Waals surface area contributed by atoms with Crippen molar-refractivity contribution in [1.82, 2.24) is 4.98 Å². The Morgan fingerprint density at radius 2 is 2.14 bits per heavy atom. The summed E-state index contributed by atoms with van der Waals surface area (Å²) in [5.41, 5.74) is 9.59. The van der Waals surface area contributed by atoms with Crippen molar-refractivity contribution in [1.29, 1.82) is 0 Å². The van der Waals surface area contributed by atoms with E-state index in [9.17, 15) is 0 Å². The van der Waals surface area contributed by atoms with Gasteiger partial charge in [-0.2, -0.15) is 0 Å². The average molecular weight is 287 g/mol. The van der Waals surface area contributed by atoms with Crippen LogP contribution in [0.25, 0.3) is 0 Å². The Hall–Kier alpha value is -1.81. The first-order valence-corrected chi connectivity index (χ1v) is 7.46. The number of hydrogen-bond acceptors (Lipinski definition) is 4. The summed E-state index contributed by atoms with van der Waals surface area (Å²) in [4.78, 5) is 6.76. The van der Waals surface area contributed by atoms with Gasteiger partial charge in [0.2, 0.25) is 0 Å². The summed E-state index contributed by atoms with van der Waals surface area (Å²) in [7, 11) is 2.05. The first kappa shape index (κ1) is 15.6. The summed E-state index contributed by atoms with van der Waals surface area (Å²) in [5, 5.41) is 0. The summed E-state index contributed by atoms with van der Waals surface area (Å²) in [6.07, 6.45) is 5.54. The van der Waals surface area contributed by atoms with Gasteiger partial charge in [0.1, 0.15) is 11.6 Å². The second kappa shape index (κ2) is 6.76. The lowest BCUT2D eigenvalue weighted by Crippen LogP contribution is -2.22. The molecule has 21 heavy (non-hydrogen) atoms. The highest BCUT2D eigenvalue weighted by atomic mass is 16.3. The Balaban J connectivity index is 2.11.